The number of hydrogen-bond acceptors (Lipinski definition) is 3. The summed E-state index contributed by atoms with van der Waals surface area (Å²) in [6.07, 6.45) is 2.21. The van der Waals surface area contributed by atoms with Crippen LogP contribution in [0.15, 0.2) is 42.5 Å². The van der Waals surface area contributed by atoms with Crippen LogP contribution in [0.5, 0.6) is 5.75 Å². The number of halogens is 2. The normalized spacial score (nSPS) is 15.5. The Labute approximate surface area is 170 Å². The van der Waals surface area contributed by atoms with Crippen LogP contribution in [-0.4, -0.2) is 37.0 Å². The number of carbonyl (C=O) groups excluding carboxylic acids is 1. The highest BCUT2D eigenvalue weighted by Crippen LogP contribution is 2.23. The molecule has 0 unspecified atom stereocenters. The summed E-state index contributed by atoms with van der Waals surface area (Å²) >= 11 is 11.9. The molecule has 1 aliphatic rings. The second kappa shape index (κ2) is 9.45. The van der Waals surface area contributed by atoms with Crippen molar-refractivity contribution < 1.29 is 9.53 Å². The van der Waals surface area contributed by atoms with Gasteiger partial charge in [0.25, 0.3) is 0 Å². The molecule has 0 aromatic heterocycles. The maximum Gasteiger partial charge on any atom is 0.224 e. The third-order valence-electron chi connectivity index (χ3n) is 4.89. The van der Waals surface area contributed by atoms with E-state index in [2.05, 4.69) is 16.3 Å². The third-order valence-corrected chi connectivity index (χ3v) is 5.63. The first-order valence-electron chi connectivity index (χ1n) is 9.12. The Morgan fingerprint density at radius 1 is 1.15 bits per heavy atom. The zero-order valence-corrected chi connectivity index (χ0v) is 16.9. The zero-order valence-electron chi connectivity index (χ0n) is 15.4. The summed E-state index contributed by atoms with van der Waals surface area (Å²) in [7, 11) is 1.70. The second-order valence-corrected chi connectivity index (χ2v) is 7.67. The summed E-state index contributed by atoms with van der Waals surface area (Å²) in [5, 5.41) is 4.12. The van der Waals surface area contributed by atoms with E-state index in [4.69, 9.17) is 27.9 Å². The summed E-state index contributed by atoms with van der Waals surface area (Å²) in [6.45, 7) is 2.78. The van der Waals surface area contributed by atoms with E-state index < -0.39 is 0 Å². The first-order chi connectivity index (χ1) is 13.0. The molecule has 1 saturated heterocycles. The Morgan fingerprint density at radius 3 is 2.59 bits per heavy atom. The van der Waals surface area contributed by atoms with Crippen LogP contribution in [0.2, 0.25) is 10.0 Å². The number of hydrogen-bond donors (Lipinski definition) is 1. The maximum atomic E-state index is 12.3. The van der Waals surface area contributed by atoms with Crippen LogP contribution in [0.1, 0.15) is 24.0 Å². The average Bonchev–Trinajstić information content (AvgIpc) is 2.67. The number of rotatable bonds is 6. The Kier molecular flexibility index (Phi) is 7.00. The molecule has 0 atom stereocenters. The van der Waals surface area contributed by atoms with E-state index in [1.165, 1.54) is 5.56 Å². The van der Waals surface area contributed by atoms with Gasteiger partial charge < -0.3 is 10.1 Å². The average molecular weight is 407 g/mol. The molecule has 2 aromatic carbocycles. The minimum absolute atomic E-state index is 0.0246. The van der Waals surface area contributed by atoms with Gasteiger partial charge in [-0.05, 0) is 36.6 Å². The summed E-state index contributed by atoms with van der Waals surface area (Å²) in [6, 6.07) is 13.6. The summed E-state index contributed by atoms with van der Waals surface area (Å²) in [5.41, 5.74) is 2.07. The Bertz CT molecular complexity index is 790. The molecular formula is C21H24Cl2N2O2. The quantitative estimate of drug-likeness (QED) is 0.775. The SMILES string of the molecule is COc1ccccc1CN1CCC(NC(=O)Cc2ccc(Cl)c(Cl)c2)CC1. The molecule has 27 heavy (non-hydrogen) atoms. The van der Waals surface area contributed by atoms with Crippen LogP contribution >= 0.6 is 23.2 Å². The van der Waals surface area contributed by atoms with Crippen LogP contribution in [0.3, 0.4) is 0 Å². The lowest BCUT2D eigenvalue weighted by Gasteiger charge is -2.32. The molecule has 1 heterocycles. The van der Waals surface area contributed by atoms with Gasteiger partial charge in [0, 0.05) is 31.2 Å². The molecule has 0 saturated carbocycles. The van der Waals surface area contributed by atoms with Crippen molar-refractivity contribution in [1.29, 1.82) is 0 Å². The predicted molar refractivity (Wildman–Crippen MR) is 110 cm³/mol. The highest BCUT2D eigenvalue weighted by atomic mass is 35.5. The van der Waals surface area contributed by atoms with E-state index in [1.807, 2.05) is 24.3 Å². The number of benzene rings is 2. The fraction of sp³-hybridized carbons (Fsp3) is 0.381. The zero-order chi connectivity index (χ0) is 19.2. The second-order valence-electron chi connectivity index (χ2n) is 6.86. The lowest BCUT2D eigenvalue weighted by molar-refractivity contribution is -0.121. The summed E-state index contributed by atoms with van der Waals surface area (Å²) in [5.74, 6) is 0.950. The number of methoxy groups -OCH3 is 1. The smallest absolute Gasteiger partial charge is 0.224 e. The van der Waals surface area contributed by atoms with Gasteiger partial charge >= 0.3 is 0 Å². The fourth-order valence-electron chi connectivity index (χ4n) is 3.42. The Morgan fingerprint density at radius 2 is 1.89 bits per heavy atom. The fourth-order valence-corrected chi connectivity index (χ4v) is 3.74. The molecule has 0 radical (unpaired) electrons. The van der Waals surface area contributed by atoms with E-state index in [-0.39, 0.29) is 11.9 Å². The van der Waals surface area contributed by atoms with Crippen molar-refractivity contribution in [3.05, 3.63) is 63.6 Å². The molecule has 3 rings (SSSR count). The molecule has 0 bridgehead atoms. The van der Waals surface area contributed by atoms with Crippen molar-refractivity contribution in [3.8, 4) is 5.75 Å². The van der Waals surface area contributed by atoms with Gasteiger partial charge in [0.15, 0.2) is 0 Å². The van der Waals surface area contributed by atoms with E-state index in [0.29, 0.717) is 16.5 Å². The number of piperidine rings is 1. The van der Waals surface area contributed by atoms with Crippen LogP contribution in [0.4, 0.5) is 0 Å². The van der Waals surface area contributed by atoms with Crippen LogP contribution in [-0.2, 0) is 17.8 Å². The van der Waals surface area contributed by atoms with E-state index in [1.54, 1.807) is 19.2 Å². The van der Waals surface area contributed by atoms with Crippen LogP contribution in [0.25, 0.3) is 0 Å². The van der Waals surface area contributed by atoms with Gasteiger partial charge in [-0.2, -0.15) is 0 Å². The molecule has 1 amide bonds. The molecule has 1 aliphatic heterocycles. The minimum Gasteiger partial charge on any atom is -0.496 e. The summed E-state index contributed by atoms with van der Waals surface area (Å²) < 4.78 is 5.43. The van der Waals surface area contributed by atoms with Gasteiger partial charge in [0.2, 0.25) is 5.91 Å². The van der Waals surface area contributed by atoms with Gasteiger partial charge in [-0.1, -0.05) is 47.5 Å². The number of carbonyl (C=O) groups is 1. The van der Waals surface area contributed by atoms with Crippen molar-refractivity contribution in [2.45, 2.75) is 31.8 Å². The van der Waals surface area contributed by atoms with Gasteiger partial charge in [0.1, 0.15) is 5.75 Å². The van der Waals surface area contributed by atoms with Gasteiger partial charge in [-0.15, -0.1) is 0 Å². The van der Waals surface area contributed by atoms with Gasteiger partial charge in [-0.3, -0.25) is 9.69 Å². The number of amides is 1. The first-order valence-corrected chi connectivity index (χ1v) is 9.88. The first kappa shape index (κ1) is 20.0. The molecule has 2 aromatic rings. The highest BCUT2D eigenvalue weighted by molar-refractivity contribution is 6.42. The standard InChI is InChI=1S/C21H24Cl2N2O2/c1-27-20-5-3-2-4-16(20)14-25-10-8-17(9-11-25)24-21(26)13-15-6-7-18(22)19(23)12-15/h2-7,12,17H,8-11,13-14H2,1H3,(H,24,26). The summed E-state index contributed by atoms with van der Waals surface area (Å²) in [4.78, 5) is 14.7. The molecule has 1 fully saturated rings. The number of ether oxygens (including phenoxy) is 1. The molecule has 0 aliphatic carbocycles. The van der Waals surface area contributed by atoms with E-state index in [9.17, 15) is 4.79 Å². The van der Waals surface area contributed by atoms with E-state index >= 15 is 0 Å². The molecular weight excluding hydrogens is 383 g/mol. The molecule has 4 nitrogen and oxygen atoms in total. The van der Waals surface area contributed by atoms with Crippen molar-refractivity contribution in [1.82, 2.24) is 10.2 Å². The predicted octanol–water partition coefficient (Wildman–Crippen LogP) is 4.33. The minimum atomic E-state index is 0.0246. The lowest BCUT2D eigenvalue weighted by atomic mass is 10.0. The van der Waals surface area contributed by atoms with Crippen molar-refractivity contribution >= 4 is 29.1 Å². The lowest BCUT2D eigenvalue weighted by Crippen LogP contribution is -2.44. The Balaban J connectivity index is 1.46. The molecule has 0 spiro atoms. The largest absolute Gasteiger partial charge is 0.496 e. The van der Waals surface area contributed by atoms with Crippen LogP contribution in [0, 0.1) is 0 Å². The molecule has 6 heteroatoms. The topological polar surface area (TPSA) is 41.6 Å². The monoisotopic (exact) mass is 406 g/mol. The number of likely N-dealkylation sites (tertiary alicyclic amines) is 1. The highest BCUT2D eigenvalue weighted by Gasteiger charge is 2.21. The van der Waals surface area contributed by atoms with Gasteiger partial charge in [0.05, 0.1) is 23.6 Å². The van der Waals surface area contributed by atoms with Crippen molar-refractivity contribution in [2.24, 2.45) is 0 Å². The Hall–Kier alpha value is -1.75. The van der Waals surface area contributed by atoms with Gasteiger partial charge in [-0.25, -0.2) is 0 Å². The van der Waals surface area contributed by atoms with Crippen molar-refractivity contribution in [2.75, 3.05) is 20.2 Å². The number of para-hydroxylation sites is 1. The number of nitrogens with zero attached hydrogens (tertiary/aromatic N) is 1. The third kappa shape index (κ3) is 5.61. The number of nitrogens with one attached hydrogen (secondary N) is 1. The van der Waals surface area contributed by atoms with E-state index in [0.717, 1.165) is 43.8 Å². The maximum absolute atomic E-state index is 12.3. The van der Waals surface area contributed by atoms with Crippen molar-refractivity contribution in [3.63, 3.8) is 0 Å². The molecule has 1 N–H and O–H groups in total. The van der Waals surface area contributed by atoms with Crippen LogP contribution < -0.4 is 10.1 Å². The molecule has 144 valence electrons.